The number of allylic oxidation sites excluding steroid dienone is 11. The van der Waals surface area contributed by atoms with Crippen molar-refractivity contribution >= 4 is 25.5 Å². The van der Waals surface area contributed by atoms with Gasteiger partial charge in [0.2, 0.25) is 0 Å². The van der Waals surface area contributed by atoms with Gasteiger partial charge in [-0.2, -0.15) is 0 Å². The summed E-state index contributed by atoms with van der Waals surface area (Å²) in [6.07, 6.45) is 39.9. The zero-order chi connectivity index (χ0) is 41.8. The number of aliphatic hydroxyl groups excluding tert-OH is 1. The molecule has 0 saturated carbocycles. The van der Waals surface area contributed by atoms with Gasteiger partial charge in [-0.05, 0) is 82.6 Å². The second kappa shape index (κ2) is 35.1. The van der Waals surface area contributed by atoms with Crippen LogP contribution in [-0.2, 0) is 37.5 Å². The van der Waals surface area contributed by atoms with E-state index < -0.39 is 38.6 Å². The number of carbonyl (C=O) groups is 3. The van der Waals surface area contributed by atoms with Crippen LogP contribution in [0.3, 0.4) is 0 Å². The summed E-state index contributed by atoms with van der Waals surface area (Å²) < 4.78 is 32.7. The topological polar surface area (TPSA) is 172 Å². The maximum atomic E-state index is 12.7. The van der Waals surface area contributed by atoms with Crippen LogP contribution in [0.15, 0.2) is 72.9 Å². The molecule has 1 aliphatic rings. The molecule has 0 aromatic heterocycles. The Kier molecular flexibility index (Phi) is 32.0. The maximum absolute atomic E-state index is 12.7. The maximum Gasteiger partial charge on any atom is 0.472 e. The lowest BCUT2D eigenvalue weighted by Crippen LogP contribution is -2.29. The molecule has 57 heavy (non-hydrogen) atoms. The van der Waals surface area contributed by atoms with Crippen molar-refractivity contribution in [3.8, 4) is 0 Å². The molecule has 1 rings (SSSR count). The van der Waals surface area contributed by atoms with E-state index in [9.17, 15) is 28.9 Å². The second-order valence-corrected chi connectivity index (χ2v) is 16.0. The Morgan fingerprint density at radius 1 is 0.789 bits per heavy atom. The van der Waals surface area contributed by atoms with Crippen LogP contribution in [0.5, 0.6) is 0 Å². The van der Waals surface area contributed by atoms with Crippen LogP contribution in [0.4, 0.5) is 0 Å². The lowest BCUT2D eigenvalue weighted by molar-refractivity contribution is -0.161. The van der Waals surface area contributed by atoms with E-state index in [1.165, 1.54) is 25.7 Å². The first-order valence-corrected chi connectivity index (χ1v) is 23.0. The number of phosphoric acid groups is 1. The molecule has 0 aliphatic heterocycles. The lowest BCUT2D eigenvalue weighted by Gasteiger charge is -2.19. The Bertz CT molecular complexity index is 1310. The Morgan fingerprint density at radius 2 is 1.40 bits per heavy atom. The van der Waals surface area contributed by atoms with Crippen LogP contribution in [0.2, 0.25) is 0 Å². The van der Waals surface area contributed by atoms with Gasteiger partial charge in [-0.1, -0.05) is 126 Å². The molecule has 12 heteroatoms. The molecule has 0 saturated heterocycles. The van der Waals surface area contributed by atoms with Crippen LogP contribution in [-0.4, -0.2) is 66.3 Å². The van der Waals surface area contributed by atoms with E-state index in [1.54, 1.807) is 12.2 Å². The molecule has 4 N–H and O–H groups in total. The fourth-order valence-corrected chi connectivity index (χ4v) is 6.75. The molecule has 0 bridgehead atoms. The van der Waals surface area contributed by atoms with Gasteiger partial charge in [0.15, 0.2) is 11.9 Å². The number of ketones is 1. The molecule has 11 nitrogen and oxygen atoms in total. The number of hydrogen-bond donors (Lipinski definition) is 3. The van der Waals surface area contributed by atoms with E-state index in [0.29, 0.717) is 32.1 Å². The quantitative estimate of drug-likeness (QED) is 0.0238. The summed E-state index contributed by atoms with van der Waals surface area (Å²) in [5.74, 6) is -1.26. The first kappa shape index (κ1) is 52.1. The minimum Gasteiger partial charge on any atom is -0.462 e. The first-order chi connectivity index (χ1) is 27.6. The highest BCUT2D eigenvalue weighted by Gasteiger charge is 2.27. The van der Waals surface area contributed by atoms with Gasteiger partial charge in [0.1, 0.15) is 6.61 Å². The van der Waals surface area contributed by atoms with Crippen molar-refractivity contribution < 1.29 is 47.5 Å². The Labute approximate surface area is 343 Å². The smallest absolute Gasteiger partial charge is 0.462 e. The van der Waals surface area contributed by atoms with Crippen molar-refractivity contribution in [2.24, 2.45) is 17.6 Å². The number of phosphoric ester groups is 1. The molecule has 0 fully saturated rings. The molecule has 1 unspecified atom stereocenters. The average molecular weight is 820 g/mol. The van der Waals surface area contributed by atoms with E-state index in [-0.39, 0.29) is 50.2 Å². The molecule has 1 aliphatic carbocycles. The van der Waals surface area contributed by atoms with Crippen molar-refractivity contribution in [3.63, 3.8) is 0 Å². The van der Waals surface area contributed by atoms with Crippen molar-refractivity contribution in [2.75, 3.05) is 26.4 Å². The largest absolute Gasteiger partial charge is 0.472 e. The van der Waals surface area contributed by atoms with Crippen LogP contribution < -0.4 is 5.73 Å². The highest BCUT2D eigenvalue weighted by molar-refractivity contribution is 7.47. The van der Waals surface area contributed by atoms with E-state index >= 15 is 0 Å². The number of nitrogens with two attached hydrogens (primary N) is 1. The van der Waals surface area contributed by atoms with Gasteiger partial charge in [-0.3, -0.25) is 23.4 Å². The Hall–Kier alpha value is -2.92. The third kappa shape index (κ3) is 29.9. The summed E-state index contributed by atoms with van der Waals surface area (Å²) in [6.45, 7) is 3.32. The lowest BCUT2D eigenvalue weighted by atomic mass is 9.90. The van der Waals surface area contributed by atoms with Crippen molar-refractivity contribution in [2.45, 2.75) is 154 Å². The van der Waals surface area contributed by atoms with Crippen molar-refractivity contribution in [3.05, 3.63) is 72.9 Å². The molecule has 5 atom stereocenters. The van der Waals surface area contributed by atoms with Gasteiger partial charge in [0.25, 0.3) is 0 Å². The Balaban J connectivity index is 2.40. The summed E-state index contributed by atoms with van der Waals surface area (Å²) in [5, 5.41) is 10.2. The molecule has 0 spiro atoms. The number of aliphatic hydroxyl groups is 1. The SMILES string of the molecule is CCCCC/C=C\C/C=C\C/C=C\CCCCCCC(=O)OC[C@H](COP(=O)(O)OCCN)OC(=O)CCC/C=C\C[C@H]1C=CC(=O)[C@@H]1/C=C/[C@@H](O)CCCCC. The van der Waals surface area contributed by atoms with E-state index in [1.807, 2.05) is 24.3 Å². The molecule has 0 radical (unpaired) electrons. The third-order valence-electron chi connectivity index (χ3n) is 9.31. The molecule has 324 valence electrons. The van der Waals surface area contributed by atoms with E-state index in [2.05, 4.69) is 50.3 Å². The molecule has 0 heterocycles. The first-order valence-electron chi connectivity index (χ1n) is 21.5. The van der Waals surface area contributed by atoms with Gasteiger partial charge in [-0.25, -0.2) is 4.57 Å². The minimum absolute atomic E-state index is 0.0143. The van der Waals surface area contributed by atoms with Gasteiger partial charge in [0, 0.05) is 25.3 Å². The number of ether oxygens (including phenoxy) is 2. The Morgan fingerprint density at radius 3 is 2.11 bits per heavy atom. The monoisotopic (exact) mass is 820 g/mol. The standard InChI is InChI=1S/C45H74NO10P/c1-3-5-7-8-9-10-11-12-13-14-15-16-17-18-19-20-25-29-44(49)53-37-41(38-55-57(51,52)54-36-35-46)56-45(50)30-26-22-21-24-27-39-31-34-43(48)42(39)33-32-40(47)28-23-6-4-2/h9-10,12-13,15-16,21,24,31-34,39-42,47H,3-8,11,14,17-20,22-23,25-30,35-38,46H2,1-2H3,(H,51,52)/b10-9-,13-12-,16-15-,24-21-,33-32+/t39-,40-,41+,42+/m0/s1. The zero-order valence-corrected chi connectivity index (χ0v) is 35.8. The number of unbranched alkanes of at least 4 members (excludes halogenated alkanes) is 10. The van der Waals surface area contributed by atoms with Gasteiger partial charge >= 0.3 is 19.8 Å². The second-order valence-electron chi connectivity index (χ2n) is 14.5. The van der Waals surface area contributed by atoms with Gasteiger partial charge < -0.3 is 25.2 Å². The number of esters is 2. The summed E-state index contributed by atoms with van der Waals surface area (Å²) >= 11 is 0. The van der Waals surface area contributed by atoms with Gasteiger partial charge in [-0.15, -0.1) is 0 Å². The van der Waals surface area contributed by atoms with Crippen LogP contribution >= 0.6 is 7.82 Å². The highest BCUT2D eigenvalue weighted by atomic mass is 31.2. The normalized spacial score (nSPS) is 18.2. The van der Waals surface area contributed by atoms with Crippen LogP contribution in [0.1, 0.15) is 142 Å². The fourth-order valence-electron chi connectivity index (χ4n) is 5.98. The van der Waals surface area contributed by atoms with E-state index in [0.717, 1.165) is 57.8 Å². The predicted molar refractivity (Wildman–Crippen MR) is 228 cm³/mol. The summed E-state index contributed by atoms with van der Waals surface area (Å²) in [7, 11) is -4.44. The summed E-state index contributed by atoms with van der Waals surface area (Å²) in [6, 6.07) is 0. The van der Waals surface area contributed by atoms with Crippen LogP contribution in [0, 0.1) is 11.8 Å². The third-order valence-corrected chi connectivity index (χ3v) is 10.3. The molecule has 0 aromatic carbocycles. The number of hydrogen-bond acceptors (Lipinski definition) is 10. The van der Waals surface area contributed by atoms with Crippen molar-refractivity contribution in [1.29, 1.82) is 0 Å². The van der Waals surface area contributed by atoms with Gasteiger partial charge in [0.05, 0.1) is 19.3 Å². The number of rotatable bonds is 36. The average Bonchev–Trinajstić information content (AvgIpc) is 3.54. The number of carbonyl (C=O) groups excluding carboxylic acids is 3. The van der Waals surface area contributed by atoms with Crippen LogP contribution in [0.25, 0.3) is 0 Å². The predicted octanol–water partition coefficient (Wildman–Crippen LogP) is 9.89. The molecule has 0 aromatic rings. The molecule has 0 amide bonds. The fraction of sp³-hybridized carbons (Fsp3) is 0.667. The minimum atomic E-state index is -4.44. The van der Waals surface area contributed by atoms with E-state index in [4.69, 9.17) is 24.3 Å². The highest BCUT2D eigenvalue weighted by Crippen LogP contribution is 2.43. The summed E-state index contributed by atoms with van der Waals surface area (Å²) in [5.41, 5.74) is 5.34. The molecular formula is C45H74NO10P. The van der Waals surface area contributed by atoms with Crippen molar-refractivity contribution in [1.82, 2.24) is 0 Å². The molecular weight excluding hydrogens is 745 g/mol. The zero-order valence-electron chi connectivity index (χ0n) is 34.9. The summed E-state index contributed by atoms with van der Waals surface area (Å²) in [4.78, 5) is 47.4.